The van der Waals surface area contributed by atoms with Crippen LogP contribution in [0, 0.1) is 0 Å². The quantitative estimate of drug-likeness (QED) is 0.826. The molecule has 3 rings (SSSR count). The van der Waals surface area contributed by atoms with Crippen molar-refractivity contribution in [2.75, 3.05) is 6.54 Å². The highest BCUT2D eigenvalue weighted by atomic mass is 16.1. The van der Waals surface area contributed by atoms with Gasteiger partial charge in [-0.2, -0.15) is 0 Å². The van der Waals surface area contributed by atoms with Crippen molar-refractivity contribution in [3.63, 3.8) is 0 Å². The first kappa shape index (κ1) is 12.9. The molecule has 0 bridgehead atoms. The molecule has 1 saturated carbocycles. The van der Waals surface area contributed by atoms with Crippen molar-refractivity contribution >= 4 is 0 Å². The van der Waals surface area contributed by atoms with Gasteiger partial charge in [0.1, 0.15) is 0 Å². The van der Waals surface area contributed by atoms with Crippen molar-refractivity contribution in [1.82, 2.24) is 9.88 Å². The lowest BCUT2D eigenvalue weighted by Gasteiger charge is -2.22. The molecule has 19 heavy (non-hydrogen) atoms. The van der Waals surface area contributed by atoms with Crippen LogP contribution < -0.4 is 10.9 Å². The molecule has 0 radical (unpaired) electrons. The molecule has 2 aliphatic carbocycles. The summed E-state index contributed by atoms with van der Waals surface area (Å²) in [6, 6.07) is 2.68. The highest BCUT2D eigenvalue weighted by molar-refractivity contribution is 5.30. The molecule has 2 aliphatic rings. The van der Waals surface area contributed by atoms with Gasteiger partial charge in [-0.1, -0.05) is 6.92 Å². The van der Waals surface area contributed by atoms with Crippen LogP contribution in [0.4, 0.5) is 0 Å². The first-order valence-electron chi connectivity index (χ1n) is 7.78. The van der Waals surface area contributed by atoms with E-state index in [-0.39, 0.29) is 5.56 Å². The summed E-state index contributed by atoms with van der Waals surface area (Å²) in [4.78, 5) is 12.6. The van der Waals surface area contributed by atoms with Crippen LogP contribution in [0.3, 0.4) is 0 Å². The Morgan fingerprint density at radius 1 is 1.32 bits per heavy atom. The maximum absolute atomic E-state index is 12.6. The number of hydrogen-bond acceptors (Lipinski definition) is 2. The largest absolute Gasteiger partial charge is 0.312 e. The summed E-state index contributed by atoms with van der Waals surface area (Å²) in [5.41, 5.74) is 4.02. The molecule has 1 aromatic heterocycles. The molecule has 0 saturated heterocycles. The summed E-state index contributed by atoms with van der Waals surface area (Å²) in [5, 5.41) is 3.37. The maximum Gasteiger partial charge on any atom is 0.255 e. The van der Waals surface area contributed by atoms with Gasteiger partial charge in [0.05, 0.1) is 0 Å². The number of aromatic nitrogens is 1. The van der Waals surface area contributed by atoms with Crippen LogP contribution in [0.1, 0.15) is 61.9 Å². The van der Waals surface area contributed by atoms with Crippen molar-refractivity contribution in [3.05, 3.63) is 33.2 Å². The van der Waals surface area contributed by atoms with Gasteiger partial charge >= 0.3 is 0 Å². The first-order valence-corrected chi connectivity index (χ1v) is 7.78. The predicted octanol–water partition coefficient (Wildman–Crippen LogP) is 2.56. The van der Waals surface area contributed by atoms with Crippen LogP contribution in [0.5, 0.6) is 0 Å². The number of rotatable bonds is 5. The monoisotopic (exact) mass is 260 g/mol. The molecule has 0 aromatic carbocycles. The van der Waals surface area contributed by atoms with E-state index in [0.717, 1.165) is 37.9 Å². The standard InChI is InChI=1S/C16H24N2O/c1-2-9-17-11-13-10-12-5-3-4-6-15(12)18(16(13)19)14-7-8-14/h10,14,17H,2-9,11H2,1H3. The molecule has 3 heteroatoms. The number of nitrogens with one attached hydrogen (secondary N) is 1. The van der Waals surface area contributed by atoms with Crippen LogP contribution >= 0.6 is 0 Å². The number of hydrogen-bond donors (Lipinski definition) is 1. The minimum absolute atomic E-state index is 0.270. The Morgan fingerprint density at radius 2 is 2.11 bits per heavy atom. The molecule has 0 spiro atoms. The molecular weight excluding hydrogens is 236 g/mol. The average molecular weight is 260 g/mol. The van der Waals surface area contributed by atoms with E-state index in [1.165, 1.54) is 36.9 Å². The van der Waals surface area contributed by atoms with E-state index in [1.807, 2.05) is 0 Å². The molecule has 0 aliphatic heterocycles. The zero-order chi connectivity index (χ0) is 13.2. The normalized spacial score (nSPS) is 18.4. The van der Waals surface area contributed by atoms with Crippen LogP contribution in [0.2, 0.25) is 0 Å². The van der Waals surface area contributed by atoms with Gasteiger partial charge in [-0.15, -0.1) is 0 Å². The minimum Gasteiger partial charge on any atom is -0.312 e. The first-order chi connectivity index (χ1) is 9.31. The van der Waals surface area contributed by atoms with E-state index in [1.54, 1.807) is 0 Å². The topological polar surface area (TPSA) is 34.0 Å². The van der Waals surface area contributed by atoms with E-state index < -0.39 is 0 Å². The lowest BCUT2D eigenvalue weighted by molar-refractivity contribution is 0.570. The third kappa shape index (κ3) is 2.62. The summed E-state index contributed by atoms with van der Waals surface area (Å²) < 4.78 is 2.14. The molecule has 1 fully saturated rings. The molecule has 1 heterocycles. The average Bonchev–Trinajstić information content (AvgIpc) is 3.24. The van der Waals surface area contributed by atoms with E-state index >= 15 is 0 Å². The van der Waals surface area contributed by atoms with Crippen LogP contribution in [-0.4, -0.2) is 11.1 Å². The van der Waals surface area contributed by atoms with Crippen LogP contribution in [-0.2, 0) is 19.4 Å². The smallest absolute Gasteiger partial charge is 0.255 e. The number of nitrogens with zero attached hydrogens (tertiary/aromatic N) is 1. The van der Waals surface area contributed by atoms with Crippen molar-refractivity contribution in [1.29, 1.82) is 0 Å². The second kappa shape index (κ2) is 5.49. The van der Waals surface area contributed by atoms with Gasteiger partial charge in [0.25, 0.3) is 5.56 Å². The van der Waals surface area contributed by atoms with Crippen molar-refractivity contribution in [2.45, 2.75) is 64.5 Å². The predicted molar refractivity (Wildman–Crippen MR) is 77.6 cm³/mol. The van der Waals surface area contributed by atoms with E-state index in [4.69, 9.17) is 0 Å². The lowest BCUT2D eigenvalue weighted by Crippen LogP contribution is -2.31. The van der Waals surface area contributed by atoms with E-state index in [0.29, 0.717) is 6.04 Å². The molecule has 3 nitrogen and oxygen atoms in total. The maximum atomic E-state index is 12.6. The molecular formula is C16H24N2O. The Labute approximate surface area is 115 Å². The highest BCUT2D eigenvalue weighted by Crippen LogP contribution is 2.36. The summed E-state index contributed by atoms with van der Waals surface area (Å²) in [6.45, 7) is 3.87. The fourth-order valence-electron chi connectivity index (χ4n) is 3.14. The van der Waals surface area contributed by atoms with Gasteiger partial charge in [-0.3, -0.25) is 4.79 Å². The molecule has 1 aromatic rings. The Kier molecular flexibility index (Phi) is 3.74. The summed E-state index contributed by atoms with van der Waals surface area (Å²) in [6.07, 6.45) is 8.27. The summed E-state index contributed by atoms with van der Waals surface area (Å²) in [5.74, 6) is 0. The molecule has 1 N–H and O–H groups in total. The number of pyridine rings is 1. The van der Waals surface area contributed by atoms with Gasteiger partial charge in [-0.05, 0) is 63.1 Å². The SMILES string of the molecule is CCCNCc1cc2c(n(C3CC3)c1=O)CCCC2. The Morgan fingerprint density at radius 3 is 2.84 bits per heavy atom. The van der Waals surface area contributed by atoms with Crippen molar-refractivity contribution in [2.24, 2.45) is 0 Å². The Hall–Kier alpha value is -1.09. The highest BCUT2D eigenvalue weighted by Gasteiger charge is 2.29. The lowest BCUT2D eigenvalue weighted by atomic mass is 9.94. The zero-order valence-corrected chi connectivity index (χ0v) is 11.9. The Bertz CT molecular complexity index is 514. The van der Waals surface area contributed by atoms with Gasteiger partial charge in [0, 0.05) is 23.8 Å². The zero-order valence-electron chi connectivity index (χ0n) is 11.9. The molecule has 104 valence electrons. The molecule has 0 atom stereocenters. The molecule has 0 unspecified atom stereocenters. The fraction of sp³-hybridized carbons (Fsp3) is 0.688. The summed E-state index contributed by atoms with van der Waals surface area (Å²) in [7, 11) is 0. The second-order valence-corrected chi connectivity index (χ2v) is 5.93. The van der Waals surface area contributed by atoms with Crippen molar-refractivity contribution < 1.29 is 0 Å². The molecule has 0 amide bonds. The van der Waals surface area contributed by atoms with Gasteiger partial charge < -0.3 is 9.88 Å². The minimum atomic E-state index is 0.270. The van der Waals surface area contributed by atoms with Gasteiger partial charge in [0.15, 0.2) is 0 Å². The third-order valence-electron chi connectivity index (χ3n) is 4.27. The second-order valence-electron chi connectivity index (χ2n) is 5.93. The van der Waals surface area contributed by atoms with Gasteiger partial charge in [-0.25, -0.2) is 0 Å². The fourth-order valence-corrected chi connectivity index (χ4v) is 3.14. The van der Waals surface area contributed by atoms with E-state index in [2.05, 4.69) is 22.9 Å². The van der Waals surface area contributed by atoms with Crippen LogP contribution in [0.15, 0.2) is 10.9 Å². The van der Waals surface area contributed by atoms with Crippen molar-refractivity contribution in [3.8, 4) is 0 Å². The third-order valence-corrected chi connectivity index (χ3v) is 4.27. The number of fused-ring (bicyclic) bond motifs is 1. The Balaban J connectivity index is 1.96. The van der Waals surface area contributed by atoms with Crippen LogP contribution in [0.25, 0.3) is 0 Å². The van der Waals surface area contributed by atoms with Gasteiger partial charge in [0.2, 0.25) is 0 Å². The number of aryl methyl sites for hydroxylation is 1. The van der Waals surface area contributed by atoms with E-state index in [9.17, 15) is 4.79 Å². The summed E-state index contributed by atoms with van der Waals surface area (Å²) >= 11 is 0.